The van der Waals surface area contributed by atoms with Crippen LogP contribution in [0.25, 0.3) is 0 Å². The third kappa shape index (κ3) is 6.55. The molecule has 0 spiro atoms. The molecule has 0 atom stereocenters. The van der Waals surface area contributed by atoms with Gasteiger partial charge in [0.1, 0.15) is 0 Å². The lowest BCUT2D eigenvalue weighted by Crippen LogP contribution is -2.19. The maximum atomic E-state index is 13.0. The van der Waals surface area contributed by atoms with Crippen molar-refractivity contribution >= 4 is 52.2 Å². The number of anilines is 5. The summed E-state index contributed by atoms with van der Waals surface area (Å²) in [5, 5.41) is 11.7. The Morgan fingerprint density at radius 1 is 0.686 bits per heavy atom. The molecule has 0 unspecified atom stereocenters. The Morgan fingerprint density at radius 2 is 1.31 bits per heavy atom. The van der Waals surface area contributed by atoms with Gasteiger partial charge >= 0.3 is 6.03 Å². The number of carbonyl (C=O) groups excluding carboxylic acids is 2. The molecule has 0 aliphatic rings. The van der Waals surface area contributed by atoms with Crippen molar-refractivity contribution < 1.29 is 9.59 Å². The van der Waals surface area contributed by atoms with Gasteiger partial charge in [-0.15, -0.1) is 0 Å². The standard InChI is InChI=1S/C26H23ClN6O2/c1-16-13-17(2)29-25(28-16)31-21-11-12-23(27)22(15-21)24(34)30-19-9-6-10-20(14-19)33-26(35)32-18-7-4-3-5-8-18/h3-15H,1-2H3,(H,30,34)(H,28,29,31)(H2,32,33,35). The molecule has 4 aromatic rings. The Kier molecular flexibility index (Phi) is 7.23. The minimum absolute atomic E-state index is 0.279. The first-order valence-corrected chi connectivity index (χ1v) is 11.2. The van der Waals surface area contributed by atoms with Gasteiger partial charge in [0, 0.05) is 34.1 Å². The van der Waals surface area contributed by atoms with E-state index in [1.807, 2.05) is 38.1 Å². The van der Waals surface area contributed by atoms with Gasteiger partial charge in [0.05, 0.1) is 10.6 Å². The average Bonchev–Trinajstić information content (AvgIpc) is 2.80. The molecule has 9 heteroatoms. The zero-order valence-electron chi connectivity index (χ0n) is 19.1. The van der Waals surface area contributed by atoms with E-state index in [0.717, 1.165) is 11.4 Å². The molecule has 35 heavy (non-hydrogen) atoms. The van der Waals surface area contributed by atoms with Crippen molar-refractivity contribution in [3.8, 4) is 0 Å². The second-order valence-electron chi connectivity index (χ2n) is 7.77. The Balaban J connectivity index is 1.44. The number of rotatable bonds is 6. The van der Waals surface area contributed by atoms with E-state index in [1.165, 1.54) is 0 Å². The van der Waals surface area contributed by atoms with E-state index in [-0.39, 0.29) is 5.56 Å². The smallest absolute Gasteiger partial charge is 0.323 e. The van der Waals surface area contributed by atoms with Gasteiger partial charge in [-0.05, 0) is 68.4 Å². The molecular weight excluding hydrogens is 464 g/mol. The van der Waals surface area contributed by atoms with Crippen molar-refractivity contribution in [2.24, 2.45) is 0 Å². The number of para-hydroxylation sites is 1. The molecule has 1 heterocycles. The summed E-state index contributed by atoms with van der Waals surface area (Å²) in [7, 11) is 0. The average molecular weight is 487 g/mol. The molecular formula is C26H23ClN6O2. The highest BCUT2D eigenvalue weighted by Crippen LogP contribution is 2.24. The third-order valence-electron chi connectivity index (χ3n) is 4.86. The van der Waals surface area contributed by atoms with E-state index in [0.29, 0.717) is 33.7 Å². The van der Waals surface area contributed by atoms with Gasteiger partial charge < -0.3 is 21.3 Å². The zero-order valence-corrected chi connectivity index (χ0v) is 19.9. The highest BCUT2D eigenvalue weighted by Gasteiger charge is 2.13. The van der Waals surface area contributed by atoms with Gasteiger partial charge in [0.15, 0.2) is 0 Å². The van der Waals surface area contributed by atoms with Crippen LogP contribution >= 0.6 is 11.6 Å². The Labute approximate surface area is 207 Å². The van der Waals surface area contributed by atoms with Crippen molar-refractivity contribution in [1.82, 2.24) is 9.97 Å². The second kappa shape index (κ2) is 10.7. The topological polar surface area (TPSA) is 108 Å². The summed E-state index contributed by atoms with van der Waals surface area (Å²) < 4.78 is 0. The number of benzene rings is 3. The van der Waals surface area contributed by atoms with Crippen LogP contribution in [0.3, 0.4) is 0 Å². The number of aromatic nitrogens is 2. The SMILES string of the molecule is Cc1cc(C)nc(Nc2ccc(Cl)c(C(=O)Nc3cccc(NC(=O)Nc4ccccc4)c3)c2)n1. The van der Waals surface area contributed by atoms with Crippen LogP contribution in [0.2, 0.25) is 5.02 Å². The normalized spacial score (nSPS) is 10.4. The first kappa shape index (κ1) is 23.7. The molecule has 4 N–H and O–H groups in total. The summed E-state index contributed by atoms with van der Waals surface area (Å²) in [6.07, 6.45) is 0. The van der Waals surface area contributed by atoms with Crippen LogP contribution in [0.15, 0.2) is 78.9 Å². The van der Waals surface area contributed by atoms with Gasteiger partial charge in [0.25, 0.3) is 5.91 Å². The third-order valence-corrected chi connectivity index (χ3v) is 5.19. The summed E-state index contributed by atoms with van der Waals surface area (Å²) in [6, 6.07) is 22.4. The highest BCUT2D eigenvalue weighted by molar-refractivity contribution is 6.34. The van der Waals surface area contributed by atoms with Gasteiger partial charge in [-0.25, -0.2) is 14.8 Å². The fourth-order valence-electron chi connectivity index (χ4n) is 3.38. The van der Waals surface area contributed by atoms with Crippen molar-refractivity contribution in [3.05, 3.63) is 101 Å². The first-order chi connectivity index (χ1) is 16.9. The Bertz CT molecular complexity index is 1360. The predicted octanol–water partition coefficient (Wildman–Crippen LogP) is 6.39. The molecule has 0 aliphatic heterocycles. The molecule has 0 saturated carbocycles. The minimum atomic E-state index is -0.397. The van der Waals surface area contributed by atoms with Crippen molar-refractivity contribution in [2.75, 3.05) is 21.3 Å². The van der Waals surface area contributed by atoms with Crippen LogP contribution < -0.4 is 21.3 Å². The molecule has 0 bridgehead atoms. The lowest BCUT2D eigenvalue weighted by atomic mass is 10.1. The van der Waals surface area contributed by atoms with E-state index in [4.69, 9.17) is 11.6 Å². The van der Waals surface area contributed by atoms with Gasteiger partial charge in [-0.2, -0.15) is 0 Å². The van der Waals surface area contributed by atoms with Crippen LogP contribution in [0.1, 0.15) is 21.7 Å². The lowest BCUT2D eigenvalue weighted by molar-refractivity contribution is 0.102. The summed E-state index contributed by atoms with van der Waals surface area (Å²) in [4.78, 5) is 34.0. The molecule has 3 amide bonds. The van der Waals surface area contributed by atoms with Crippen LogP contribution in [-0.2, 0) is 0 Å². The fraction of sp³-hybridized carbons (Fsp3) is 0.0769. The largest absolute Gasteiger partial charge is 0.324 e. The number of halogens is 1. The highest BCUT2D eigenvalue weighted by atomic mass is 35.5. The van der Waals surface area contributed by atoms with E-state index < -0.39 is 11.9 Å². The first-order valence-electron chi connectivity index (χ1n) is 10.8. The lowest BCUT2D eigenvalue weighted by Gasteiger charge is -2.12. The molecule has 0 saturated heterocycles. The molecule has 176 valence electrons. The van der Waals surface area contributed by atoms with Crippen molar-refractivity contribution in [2.45, 2.75) is 13.8 Å². The number of nitrogens with zero attached hydrogens (tertiary/aromatic N) is 2. The number of amides is 3. The molecule has 0 fully saturated rings. The Morgan fingerprint density at radius 3 is 2.03 bits per heavy atom. The van der Waals surface area contributed by atoms with Crippen LogP contribution in [0.4, 0.5) is 33.5 Å². The number of aryl methyl sites for hydroxylation is 2. The molecule has 0 aliphatic carbocycles. The van der Waals surface area contributed by atoms with Gasteiger partial charge in [-0.3, -0.25) is 4.79 Å². The summed E-state index contributed by atoms with van der Waals surface area (Å²) >= 11 is 6.30. The van der Waals surface area contributed by atoms with Crippen molar-refractivity contribution in [3.63, 3.8) is 0 Å². The van der Waals surface area contributed by atoms with Crippen LogP contribution in [-0.4, -0.2) is 21.9 Å². The second-order valence-corrected chi connectivity index (χ2v) is 8.18. The maximum absolute atomic E-state index is 13.0. The fourth-order valence-corrected chi connectivity index (χ4v) is 3.58. The number of urea groups is 1. The number of hydrogen-bond donors (Lipinski definition) is 4. The monoisotopic (exact) mass is 486 g/mol. The van der Waals surface area contributed by atoms with E-state index in [2.05, 4.69) is 31.2 Å². The van der Waals surface area contributed by atoms with E-state index >= 15 is 0 Å². The van der Waals surface area contributed by atoms with Crippen LogP contribution in [0, 0.1) is 13.8 Å². The van der Waals surface area contributed by atoms with E-state index in [9.17, 15) is 9.59 Å². The summed E-state index contributed by atoms with van der Waals surface area (Å²) in [5.74, 6) is 0.0367. The maximum Gasteiger partial charge on any atom is 0.323 e. The number of nitrogens with one attached hydrogen (secondary N) is 4. The summed E-state index contributed by atoms with van der Waals surface area (Å²) in [5.41, 5.74) is 4.25. The van der Waals surface area contributed by atoms with Gasteiger partial charge in [0.2, 0.25) is 5.95 Å². The molecule has 1 aromatic heterocycles. The molecule has 0 radical (unpaired) electrons. The van der Waals surface area contributed by atoms with Crippen molar-refractivity contribution in [1.29, 1.82) is 0 Å². The van der Waals surface area contributed by atoms with E-state index in [1.54, 1.807) is 54.6 Å². The molecule has 3 aromatic carbocycles. The molecule has 8 nitrogen and oxygen atoms in total. The number of hydrogen-bond acceptors (Lipinski definition) is 5. The zero-order chi connectivity index (χ0) is 24.8. The predicted molar refractivity (Wildman–Crippen MR) is 140 cm³/mol. The van der Waals surface area contributed by atoms with Gasteiger partial charge in [-0.1, -0.05) is 35.9 Å². The molecule has 4 rings (SSSR count). The minimum Gasteiger partial charge on any atom is -0.324 e. The quantitative estimate of drug-likeness (QED) is 0.252. The summed E-state index contributed by atoms with van der Waals surface area (Å²) in [6.45, 7) is 3.77. The van der Waals surface area contributed by atoms with Crippen LogP contribution in [0.5, 0.6) is 0 Å². The number of carbonyl (C=O) groups is 2. The Hall–Kier alpha value is -4.43.